The van der Waals surface area contributed by atoms with Crippen LogP contribution in [0.2, 0.25) is 0 Å². The van der Waals surface area contributed by atoms with E-state index in [1.54, 1.807) is 0 Å². The van der Waals surface area contributed by atoms with Gasteiger partial charge in [-0.2, -0.15) is 0 Å². The van der Waals surface area contributed by atoms with Crippen LogP contribution in [-0.2, 0) is 9.53 Å². The Bertz CT molecular complexity index is 820. The number of aliphatic hydroxyl groups is 2. The molecular formula is C29H46O4. The van der Waals surface area contributed by atoms with Crippen LogP contribution in [0.3, 0.4) is 0 Å². The fourth-order valence-electron chi connectivity index (χ4n) is 5.40. The zero-order chi connectivity index (χ0) is 25.2. The number of fused-ring (bicyclic) bond motifs is 1. The number of allylic oxidation sites excluding steroid dienone is 2. The van der Waals surface area contributed by atoms with Gasteiger partial charge in [-0.25, -0.2) is 0 Å². The third-order valence-corrected chi connectivity index (χ3v) is 9.03. The van der Waals surface area contributed by atoms with E-state index in [0.29, 0.717) is 11.8 Å². The Labute approximate surface area is 201 Å². The van der Waals surface area contributed by atoms with Gasteiger partial charge in [0.1, 0.15) is 0 Å². The van der Waals surface area contributed by atoms with Gasteiger partial charge < -0.3 is 14.9 Å². The van der Waals surface area contributed by atoms with Crippen molar-refractivity contribution in [2.75, 3.05) is 7.11 Å². The van der Waals surface area contributed by atoms with E-state index in [1.807, 2.05) is 33.8 Å². The molecule has 2 aliphatic rings. The molecule has 0 aromatic heterocycles. The Kier molecular flexibility index (Phi) is 8.69. The summed E-state index contributed by atoms with van der Waals surface area (Å²) in [5, 5.41) is 21.5. The Morgan fingerprint density at radius 1 is 1.21 bits per heavy atom. The third kappa shape index (κ3) is 5.92. The summed E-state index contributed by atoms with van der Waals surface area (Å²) in [6, 6.07) is 0. The van der Waals surface area contributed by atoms with Crippen molar-refractivity contribution in [1.82, 2.24) is 0 Å². The molecule has 1 unspecified atom stereocenters. The van der Waals surface area contributed by atoms with Gasteiger partial charge in [0.2, 0.25) is 0 Å². The van der Waals surface area contributed by atoms with E-state index in [2.05, 4.69) is 51.7 Å². The topological polar surface area (TPSA) is 66.8 Å². The maximum Gasteiger partial charge on any atom is 0.311 e. The number of methoxy groups -OCH3 is 1. The van der Waals surface area contributed by atoms with Crippen LogP contribution in [0.25, 0.3) is 0 Å². The van der Waals surface area contributed by atoms with E-state index in [1.165, 1.54) is 12.7 Å². The normalized spacial score (nSPS) is 29.0. The van der Waals surface area contributed by atoms with Crippen molar-refractivity contribution in [2.45, 2.75) is 93.3 Å². The van der Waals surface area contributed by atoms with Crippen molar-refractivity contribution >= 4 is 5.97 Å². The van der Waals surface area contributed by atoms with Crippen LogP contribution in [0.5, 0.6) is 0 Å². The molecule has 186 valence electrons. The summed E-state index contributed by atoms with van der Waals surface area (Å²) < 4.78 is 5.03. The third-order valence-electron chi connectivity index (χ3n) is 9.03. The first-order chi connectivity index (χ1) is 15.2. The van der Waals surface area contributed by atoms with Crippen LogP contribution in [0.1, 0.15) is 81.1 Å². The summed E-state index contributed by atoms with van der Waals surface area (Å²) in [4.78, 5) is 12.3. The lowest BCUT2D eigenvalue weighted by Crippen LogP contribution is -2.40. The largest absolute Gasteiger partial charge is 0.469 e. The number of carbonyl (C=O) groups excluding carboxylic acids is 1. The molecule has 4 heteroatoms. The van der Waals surface area contributed by atoms with Gasteiger partial charge in [0.15, 0.2) is 0 Å². The van der Waals surface area contributed by atoms with E-state index < -0.39 is 11.5 Å². The highest BCUT2D eigenvalue weighted by Gasteiger charge is 2.46. The first-order valence-corrected chi connectivity index (χ1v) is 12.4. The van der Waals surface area contributed by atoms with Gasteiger partial charge in [0, 0.05) is 17.3 Å². The molecule has 0 aliphatic heterocycles. The smallest absolute Gasteiger partial charge is 0.311 e. The van der Waals surface area contributed by atoms with Gasteiger partial charge in [0.25, 0.3) is 0 Å². The molecule has 2 fully saturated rings. The predicted octanol–water partition coefficient (Wildman–Crippen LogP) is 5.54. The SMILES string of the molecule is CC#CC(C)(C)C(C)[C@H](O)/C=C/[C@@H]1[C@H]2C/C(=C/CC(C)(C)C(C)(C)C(=O)OC)C[C@H]2C[C@H]1O. The Hall–Kier alpha value is -1.57. The van der Waals surface area contributed by atoms with E-state index in [9.17, 15) is 15.0 Å². The van der Waals surface area contributed by atoms with Crippen LogP contribution in [-0.4, -0.2) is 35.5 Å². The van der Waals surface area contributed by atoms with Crippen molar-refractivity contribution < 1.29 is 19.7 Å². The molecule has 2 N–H and O–H groups in total. The van der Waals surface area contributed by atoms with E-state index >= 15 is 0 Å². The van der Waals surface area contributed by atoms with Gasteiger partial charge >= 0.3 is 5.97 Å². The molecule has 2 rings (SSSR count). The summed E-state index contributed by atoms with van der Waals surface area (Å²) in [6.07, 6.45) is 8.93. The minimum atomic E-state index is -0.593. The molecule has 0 saturated heterocycles. The molecule has 0 radical (unpaired) electrons. The van der Waals surface area contributed by atoms with Crippen molar-refractivity contribution in [3.63, 3.8) is 0 Å². The minimum Gasteiger partial charge on any atom is -0.469 e. The zero-order valence-electron chi connectivity index (χ0n) is 22.2. The van der Waals surface area contributed by atoms with Crippen LogP contribution in [0.15, 0.2) is 23.8 Å². The van der Waals surface area contributed by atoms with E-state index in [-0.39, 0.29) is 34.7 Å². The summed E-state index contributed by atoms with van der Waals surface area (Å²) in [5.41, 5.74) is 0.358. The maximum atomic E-state index is 12.3. The van der Waals surface area contributed by atoms with Gasteiger partial charge in [-0.05, 0) is 77.6 Å². The lowest BCUT2D eigenvalue weighted by Gasteiger charge is -2.38. The quantitative estimate of drug-likeness (QED) is 0.285. The zero-order valence-corrected chi connectivity index (χ0v) is 22.2. The second-order valence-corrected chi connectivity index (χ2v) is 12.0. The molecule has 2 aliphatic carbocycles. The van der Waals surface area contributed by atoms with Crippen LogP contribution in [0.4, 0.5) is 0 Å². The lowest BCUT2D eigenvalue weighted by atomic mass is 9.66. The number of esters is 1. The van der Waals surface area contributed by atoms with E-state index in [4.69, 9.17) is 4.74 Å². The Morgan fingerprint density at radius 2 is 1.85 bits per heavy atom. The lowest BCUT2D eigenvalue weighted by molar-refractivity contribution is -0.157. The molecular weight excluding hydrogens is 412 g/mol. The molecule has 2 saturated carbocycles. The average Bonchev–Trinajstić information content (AvgIpc) is 3.25. The number of rotatable bonds is 8. The standard InChI is InChI=1S/C29H46O4/c1-10-14-27(3,4)19(2)24(30)12-11-22-23-17-20(16-21(23)18-25(22)31)13-15-28(5,6)29(7,8)26(32)33-9/h11-13,19,21-25,30-31H,15-18H2,1-9H3/b12-11+,20-13+/t19?,21-,22+,23-,24+,25+/m0/s1. The molecule has 33 heavy (non-hydrogen) atoms. The predicted molar refractivity (Wildman–Crippen MR) is 134 cm³/mol. The average molecular weight is 459 g/mol. The summed E-state index contributed by atoms with van der Waals surface area (Å²) >= 11 is 0. The number of ether oxygens (including phenoxy) is 1. The molecule has 4 nitrogen and oxygen atoms in total. The monoisotopic (exact) mass is 458 g/mol. The van der Waals surface area contributed by atoms with Crippen LogP contribution in [0, 0.1) is 51.8 Å². The summed E-state index contributed by atoms with van der Waals surface area (Å²) in [7, 11) is 1.45. The van der Waals surface area contributed by atoms with Gasteiger partial charge in [-0.1, -0.05) is 50.5 Å². The van der Waals surface area contributed by atoms with Gasteiger partial charge in [-0.3, -0.25) is 4.79 Å². The molecule has 0 heterocycles. The van der Waals surface area contributed by atoms with Crippen molar-refractivity contribution in [3.8, 4) is 11.8 Å². The molecule has 0 bridgehead atoms. The number of aliphatic hydroxyl groups excluding tert-OH is 2. The first kappa shape index (κ1) is 27.7. The number of carbonyl (C=O) groups is 1. The van der Waals surface area contributed by atoms with E-state index in [0.717, 1.165) is 25.7 Å². The number of hydrogen-bond acceptors (Lipinski definition) is 4. The highest BCUT2D eigenvalue weighted by atomic mass is 16.5. The molecule has 0 aromatic rings. The Balaban J connectivity index is 2.08. The Morgan fingerprint density at radius 3 is 2.42 bits per heavy atom. The summed E-state index contributed by atoms with van der Waals surface area (Å²) in [6.45, 7) is 16.1. The molecule has 0 spiro atoms. The fourth-order valence-corrected chi connectivity index (χ4v) is 5.40. The van der Waals surface area contributed by atoms with Gasteiger partial charge in [0.05, 0.1) is 24.7 Å². The van der Waals surface area contributed by atoms with Gasteiger partial charge in [-0.15, -0.1) is 5.92 Å². The van der Waals surface area contributed by atoms with Crippen molar-refractivity contribution in [3.05, 3.63) is 23.8 Å². The highest BCUT2D eigenvalue weighted by Crippen LogP contribution is 2.51. The maximum absolute atomic E-state index is 12.3. The first-order valence-electron chi connectivity index (χ1n) is 12.4. The fraction of sp³-hybridized carbons (Fsp3) is 0.759. The van der Waals surface area contributed by atoms with Crippen LogP contribution < -0.4 is 0 Å². The summed E-state index contributed by atoms with van der Waals surface area (Å²) in [5.74, 6) is 6.95. The molecule has 0 amide bonds. The second-order valence-electron chi connectivity index (χ2n) is 12.0. The highest BCUT2D eigenvalue weighted by molar-refractivity contribution is 5.76. The molecule has 6 atom stereocenters. The van der Waals surface area contributed by atoms with Crippen molar-refractivity contribution in [1.29, 1.82) is 0 Å². The second kappa shape index (κ2) is 10.4. The minimum absolute atomic E-state index is 0.00465. The molecule has 0 aromatic carbocycles. The van der Waals surface area contributed by atoms with Crippen molar-refractivity contribution in [2.24, 2.45) is 39.9 Å². The van der Waals surface area contributed by atoms with Crippen LogP contribution >= 0.6 is 0 Å². The number of hydrogen-bond donors (Lipinski definition) is 2.